The topological polar surface area (TPSA) is 54.4 Å². The van der Waals surface area contributed by atoms with Crippen LogP contribution in [0.3, 0.4) is 0 Å². The lowest BCUT2D eigenvalue weighted by Gasteiger charge is -1.95. The Balaban J connectivity index is 0. The molecular formula is C10H18O3S. The number of rotatable bonds is 3. The van der Waals surface area contributed by atoms with Crippen LogP contribution in [0.5, 0.6) is 0 Å². The summed E-state index contributed by atoms with van der Waals surface area (Å²) in [6.45, 7) is 10.7. The van der Waals surface area contributed by atoms with Gasteiger partial charge in [-0.15, -0.1) is 0 Å². The van der Waals surface area contributed by atoms with Crippen LogP contribution in [0, 0.1) is 0 Å². The minimum absolute atomic E-state index is 0.293. The van der Waals surface area contributed by atoms with Crippen LogP contribution >= 0.6 is 0 Å². The van der Waals surface area contributed by atoms with E-state index in [0.29, 0.717) is 0 Å². The van der Waals surface area contributed by atoms with E-state index in [1.807, 2.05) is 20.8 Å². The lowest BCUT2D eigenvalue weighted by molar-refractivity contribution is 0.492. The molecule has 0 aliphatic heterocycles. The zero-order valence-electron chi connectivity index (χ0n) is 9.11. The SMILES string of the molecule is C=C(/C=C(C)\C=C/C)S(=O)(=O)O.CC. The molecule has 0 bridgehead atoms. The van der Waals surface area contributed by atoms with E-state index in [2.05, 4.69) is 6.58 Å². The third-order valence-electron chi connectivity index (χ3n) is 1.15. The summed E-state index contributed by atoms with van der Waals surface area (Å²) in [6.07, 6.45) is 4.79. The van der Waals surface area contributed by atoms with Crippen LogP contribution in [0.25, 0.3) is 0 Å². The van der Waals surface area contributed by atoms with Crippen LogP contribution < -0.4 is 0 Å². The molecule has 0 aliphatic carbocycles. The maximum Gasteiger partial charge on any atom is 0.293 e. The van der Waals surface area contributed by atoms with E-state index < -0.39 is 10.1 Å². The van der Waals surface area contributed by atoms with E-state index in [1.54, 1.807) is 19.1 Å². The Morgan fingerprint density at radius 1 is 1.36 bits per heavy atom. The van der Waals surface area contributed by atoms with Gasteiger partial charge < -0.3 is 0 Å². The van der Waals surface area contributed by atoms with Crippen molar-refractivity contribution in [2.45, 2.75) is 27.7 Å². The van der Waals surface area contributed by atoms with Crippen LogP contribution in [0.2, 0.25) is 0 Å². The Morgan fingerprint density at radius 3 is 2.07 bits per heavy atom. The minimum Gasteiger partial charge on any atom is -0.282 e. The Morgan fingerprint density at radius 2 is 1.79 bits per heavy atom. The molecule has 0 heterocycles. The highest BCUT2D eigenvalue weighted by Gasteiger charge is 2.06. The Bertz CT molecular complexity index is 321. The van der Waals surface area contributed by atoms with Crippen molar-refractivity contribution in [2.24, 2.45) is 0 Å². The summed E-state index contributed by atoms with van der Waals surface area (Å²) in [6, 6.07) is 0. The van der Waals surface area contributed by atoms with E-state index in [9.17, 15) is 8.42 Å². The van der Waals surface area contributed by atoms with Gasteiger partial charge in [0.15, 0.2) is 0 Å². The molecule has 0 atom stereocenters. The highest BCUT2D eigenvalue weighted by Crippen LogP contribution is 2.06. The van der Waals surface area contributed by atoms with Gasteiger partial charge >= 0.3 is 0 Å². The summed E-state index contributed by atoms with van der Waals surface area (Å²) in [5.41, 5.74) is 0.722. The molecule has 0 spiro atoms. The summed E-state index contributed by atoms with van der Waals surface area (Å²) in [7, 11) is -4.12. The first-order chi connectivity index (χ1) is 6.38. The van der Waals surface area contributed by atoms with Gasteiger partial charge in [0, 0.05) is 0 Å². The molecule has 0 aromatic carbocycles. The molecular weight excluding hydrogens is 200 g/mol. The third kappa shape index (κ3) is 7.76. The fourth-order valence-electron chi connectivity index (χ4n) is 0.639. The predicted molar refractivity (Wildman–Crippen MR) is 60.6 cm³/mol. The van der Waals surface area contributed by atoms with Crippen molar-refractivity contribution >= 4 is 10.1 Å². The smallest absolute Gasteiger partial charge is 0.282 e. The van der Waals surface area contributed by atoms with E-state index in [0.717, 1.165) is 5.57 Å². The van der Waals surface area contributed by atoms with Crippen molar-refractivity contribution in [3.63, 3.8) is 0 Å². The van der Waals surface area contributed by atoms with Gasteiger partial charge in [-0.05, 0) is 19.9 Å². The minimum atomic E-state index is -4.12. The third-order valence-corrected chi connectivity index (χ3v) is 1.93. The van der Waals surface area contributed by atoms with Gasteiger partial charge in [0.25, 0.3) is 10.1 Å². The Kier molecular flexibility index (Phi) is 8.38. The van der Waals surface area contributed by atoms with Crippen LogP contribution in [0.15, 0.2) is 35.3 Å². The highest BCUT2D eigenvalue weighted by atomic mass is 32.2. The highest BCUT2D eigenvalue weighted by molar-refractivity contribution is 7.90. The van der Waals surface area contributed by atoms with Gasteiger partial charge in [-0.25, -0.2) is 0 Å². The monoisotopic (exact) mass is 218 g/mol. The van der Waals surface area contributed by atoms with Gasteiger partial charge in [0.05, 0.1) is 4.91 Å². The molecule has 14 heavy (non-hydrogen) atoms. The van der Waals surface area contributed by atoms with Crippen molar-refractivity contribution < 1.29 is 13.0 Å². The van der Waals surface area contributed by atoms with Crippen LogP contribution in [0.4, 0.5) is 0 Å². The number of allylic oxidation sites excluding steroid dienone is 4. The molecule has 0 fully saturated rings. The quantitative estimate of drug-likeness (QED) is 0.585. The van der Waals surface area contributed by atoms with Gasteiger partial charge in [-0.2, -0.15) is 8.42 Å². The van der Waals surface area contributed by atoms with Gasteiger partial charge in [0.2, 0.25) is 0 Å². The molecule has 0 saturated heterocycles. The average molecular weight is 218 g/mol. The average Bonchev–Trinajstić information content (AvgIpc) is 2.06. The molecule has 0 aliphatic rings. The summed E-state index contributed by atoms with van der Waals surface area (Å²) in [4.78, 5) is -0.293. The summed E-state index contributed by atoms with van der Waals surface area (Å²) >= 11 is 0. The maximum atomic E-state index is 10.5. The Hall–Kier alpha value is -0.870. The first-order valence-electron chi connectivity index (χ1n) is 4.35. The molecule has 1 N–H and O–H groups in total. The Labute approximate surface area is 86.6 Å². The van der Waals surface area contributed by atoms with Crippen LogP contribution in [-0.4, -0.2) is 13.0 Å². The second kappa shape index (κ2) is 7.53. The number of hydrogen-bond acceptors (Lipinski definition) is 2. The second-order valence-corrected chi connectivity index (χ2v) is 3.80. The van der Waals surface area contributed by atoms with E-state index in [1.165, 1.54) is 6.08 Å². The lowest BCUT2D eigenvalue weighted by atomic mass is 10.2. The standard InChI is InChI=1S/C8H12O3S.C2H6/c1-4-5-7(2)6-8(3)12(9,10)11;1-2/h4-6H,3H2,1-2H3,(H,9,10,11);1-2H3/b5-4-,7-6-;. The van der Waals surface area contributed by atoms with Gasteiger partial charge in [0.1, 0.15) is 0 Å². The zero-order valence-corrected chi connectivity index (χ0v) is 9.93. The molecule has 0 aromatic rings. The molecule has 3 nitrogen and oxygen atoms in total. The van der Waals surface area contributed by atoms with Gasteiger partial charge in [-0.1, -0.05) is 38.2 Å². The van der Waals surface area contributed by atoms with E-state index in [-0.39, 0.29) is 4.91 Å². The zero-order chi connectivity index (χ0) is 11.8. The fraction of sp³-hybridized carbons (Fsp3) is 0.400. The lowest BCUT2D eigenvalue weighted by Crippen LogP contribution is -1.97. The summed E-state index contributed by atoms with van der Waals surface area (Å²) in [5.74, 6) is 0. The molecule has 0 unspecified atom stereocenters. The fourth-order valence-corrected chi connectivity index (χ4v) is 0.974. The molecule has 4 heteroatoms. The van der Waals surface area contributed by atoms with Crippen molar-refractivity contribution in [3.8, 4) is 0 Å². The predicted octanol–water partition coefficient (Wildman–Crippen LogP) is 2.94. The normalized spacial score (nSPS) is 12.2. The molecule has 82 valence electrons. The molecule has 0 rings (SSSR count). The van der Waals surface area contributed by atoms with E-state index >= 15 is 0 Å². The molecule has 0 radical (unpaired) electrons. The first kappa shape index (κ1) is 15.6. The molecule has 0 saturated carbocycles. The van der Waals surface area contributed by atoms with Gasteiger partial charge in [-0.3, -0.25) is 4.55 Å². The molecule has 0 amide bonds. The van der Waals surface area contributed by atoms with Crippen molar-refractivity contribution in [3.05, 3.63) is 35.3 Å². The number of hydrogen-bond donors (Lipinski definition) is 1. The van der Waals surface area contributed by atoms with Crippen LogP contribution in [0.1, 0.15) is 27.7 Å². The van der Waals surface area contributed by atoms with Crippen LogP contribution in [-0.2, 0) is 10.1 Å². The first-order valence-corrected chi connectivity index (χ1v) is 5.79. The van der Waals surface area contributed by atoms with Crippen molar-refractivity contribution in [1.82, 2.24) is 0 Å². The summed E-state index contributed by atoms with van der Waals surface area (Å²) < 4.78 is 29.4. The van der Waals surface area contributed by atoms with E-state index in [4.69, 9.17) is 4.55 Å². The maximum absolute atomic E-state index is 10.5. The summed E-state index contributed by atoms with van der Waals surface area (Å²) in [5, 5.41) is 0. The molecule has 0 aromatic heterocycles. The second-order valence-electron chi connectivity index (χ2n) is 2.33. The van der Waals surface area contributed by atoms with Crippen molar-refractivity contribution in [2.75, 3.05) is 0 Å². The van der Waals surface area contributed by atoms with Crippen molar-refractivity contribution in [1.29, 1.82) is 0 Å². The largest absolute Gasteiger partial charge is 0.293 e.